The first-order valence-corrected chi connectivity index (χ1v) is 11.5. The maximum atomic E-state index is 12.7. The van der Waals surface area contributed by atoms with Crippen LogP contribution in [0.25, 0.3) is 17.1 Å². The number of nitrogens with one attached hydrogen (secondary N) is 1. The molecule has 0 bridgehead atoms. The number of amides is 1. The molecule has 2 heterocycles. The minimum atomic E-state index is 0.0905. The van der Waals surface area contributed by atoms with E-state index in [2.05, 4.69) is 51.7 Å². The number of carbonyl (C=O) groups is 1. The molecule has 5 rings (SSSR count). The van der Waals surface area contributed by atoms with Gasteiger partial charge in [-0.05, 0) is 68.7 Å². The summed E-state index contributed by atoms with van der Waals surface area (Å²) in [6, 6.07) is 12.5. The lowest BCUT2D eigenvalue weighted by atomic mass is 10.1. The van der Waals surface area contributed by atoms with E-state index in [1.165, 1.54) is 43.0 Å². The monoisotopic (exact) mass is 419 g/mol. The third-order valence-electron chi connectivity index (χ3n) is 5.78. The van der Waals surface area contributed by atoms with E-state index in [1.807, 2.05) is 16.7 Å². The summed E-state index contributed by atoms with van der Waals surface area (Å²) in [6.45, 7) is 2.07. The molecule has 2 aromatic heterocycles. The van der Waals surface area contributed by atoms with Gasteiger partial charge in [0.05, 0.1) is 5.75 Å². The first-order valence-electron chi connectivity index (χ1n) is 10.5. The Hall–Kier alpha value is -2.67. The van der Waals surface area contributed by atoms with Crippen LogP contribution in [0.1, 0.15) is 31.2 Å². The molecule has 2 saturated carbocycles. The number of aromatic nitrogens is 4. The van der Waals surface area contributed by atoms with E-state index in [9.17, 15) is 4.79 Å². The van der Waals surface area contributed by atoms with Gasteiger partial charge in [0.15, 0.2) is 11.0 Å². The molecule has 0 saturated heterocycles. The van der Waals surface area contributed by atoms with Gasteiger partial charge >= 0.3 is 0 Å². The third-order valence-corrected chi connectivity index (χ3v) is 6.71. The zero-order chi connectivity index (χ0) is 20.5. The predicted molar refractivity (Wildman–Crippen MR) is 117 cm³/mol. The van der Waals surface area contributed by atoms with Gasteiger partial charge in [0.2, 0.25) is 5.91 Å². The highest BCUT2D eigenvalue weighted by Crippen LogP contribution is 2.44. The van der Waals surface area contributed by atoms with Crippen LogP contribution in [0.2, 0.25) is 0 Å². The molecule has 1 N–H and O–H groups in total. The topological polar surface area (TPSA) is 72.7 Å². The highest BCUT2D eigenvalue weighted by atomic mass is 32.2. The summed E-state index contributed by atoms with van der Waals surface area (Å²) in [5, 5.41) is 12.9. The minimum Gasteiger partial charge on any atom is -0.352 e. The van der Waals surface area contributed by atoms with E-state index < -0.39 is 0 Å². The Kier molecular flexibility index (Phi) is 5.29. The second-order valence-electron chi connectivity index (χ2n) is 8.27. The second-order valence-corrected chi connectivity index (χ2v) is 9.21. The van der Waals surface area contributed by atoms with E-state index in [-0.39, 0.29) is 5.91 Å². The molecule has 7 heteroatoms. The Balaban J connectivity index is 1.37. The van der Waals surface area contributed by atoms with Crippen LogP contribution >= 0.6 is 11.8 Å². The molecule has 0 aliphatic heterocycles. The highest BCUT2D eigenvalue weighted by molar-refractivity contribution is 7.99. The number of hydrogen-bond acceptors (Lipinski definition) is 5. The average molecular weight is 420 g/mol. The van der Waals surface area contributed by atoms with Gasteiger partial charge in [0, 0.05) is 29.7 Å². The van der Waals surface area contributed by atoms with Crippen molar-refractivity contribution in [2.75, 3.05) is 5.75 Å². The summed E-state index contributed by atoms with van der Waals surface area (Å²) in [7, 11) is 0. The van der Waals surface area contributed by atoms with Crippen molar-refractivity contribution in [1.29, 1.82) is 0 Å². The predicted octanol–water partition coefficient (Wildman–Crippen LogP) is 4.03. The van der Waals surface area contributed by atoms with Gasteiger partial charge in [-0.25, -0.2) is 0 Å². The van der Waals surface area contributed by atoms with Crippen molar-refractivity contribution in [2.24, 2.45) is 11.8 Å². The van der Waals surface area contributed by atoms with Gasteiger partial charge in [-0.15, -0.1) is 10.2 Å². The maximum Gasteiger partial charge on any atom is 0.230 e. The highest BCUT2D eigenvalue weighted by Gasteiger charge is 2.42. The van der Waals surface area contributed by atoms with E-state index in [4.69, 9.17) is 0 Å². The summed E-state index contributed by atoms with van der Waals surface area (Å²) in [4.78, 5) is 16.8. The lowest BCUT2D eigenvalue weighted by Crippen LogP contribution is -2.39. The molecule has 1 amide bonds. The van der Waals surface area contributed by atoms with Crippen LogP contribution in [0.15, 0.2) is 53.9 Å². The third kappa shape index (κ3) is 4.26. The smallest absolute Gasteiger partial charge is 0.230 e. The number of aryl methyl sites for hydroxylation is 1. The number of rotatable bonds is 8. The van der Waals surface area contributed by atoms with Crippen molar-refractivity contribution >= 4 is 17.7 Å². The number of pyridine rings is 1. The van der Waals surface area contributed by atoms with Gasteiger partial charge in [0.25, 0.3) is 0 Å². The van der Waals surface area contributed by atoms with Crippen LogP contribution in [0.4, 0.5) is 0 Å². The van der Waals surface area contributed by atoms with E-state index in [0.717, 1.165) is 22.2 Å². The molecule has 6 nitrogen and oxygen atoms in total. The summed E-state index contributed by atoms with van der Waals surface area (Å²) in [5.74, 6) is 2.57. The maximum absolute atomic E-state index is 12.7. The zero-order valence-electron chi connectivity index (χ0n) is 17.0. The van der Waals surface area contributed by atoms with Gasteiger partial charge in [0.1, 0.15) is 0 Å². The van der Waals surface area contributed by atoms with Crippen LogP contribution < -0.4 is 5.32 Å². The Morgan fingerprint density at radius 1 is 1.07 bits per heavy atom. The molecule has 2 aliphatic carbocycles. The number of nitrogens with zero attached hydrogens (tertiary/aromatic N) is 4. The Labute approximate surface area is 180 Å². The summed E-state index contributed by atoms with van der Waals surface area (Å²) in [6.07, 6.45) is 8.52. The molecule has 30 heavy (non-hydrogen) atoms. The normalized spacial score (nSPS) is 16.1. The molecule has 0 unspecified atom stereocenters. The van der Waals surface area contributed by atoms with Crippen molar-refractivity contribution in [3.05, 3.63) is 54.4 Å². The van der Waals surface area contributed by atoms with Crippen molar-refractivity contribution in [3.63, 3.8) is 0 Å². The Bertz CT molecular complexity index is 1010. The molecule has 2 aliphatic rings. The number of carbonyl (C=O) groups excluding carboxylic acids is 1. The van der Waals surface area contributed by atoms with E-state index >= 15 is 0 Å². The van der Waals surface area contributed by atoms with Gasteiger partial charge in [-0.3, -0.25) is 14.3 Å². The Morgan fingerprint density at radius 3 is 2.37 bits per heavy atom. The quantitative estimate of drug-likeness (QED) is 0.558. The number of hydrogen-bond donors (Lipinski definition) is 1. The van der Waals surface area contributed by atoms with Crippen LogP contribution in [-0.4, -0.2) is 37.5 Å². The van der Waals surface area contributed by atoms with Crippen molar-refractivity contribution < 1.29 is 4.79 Å². The van der Waals surface area contributed by atoms with Crippen LogP contribution in [0.3, 0.4) is 0 Å². The average Bonchev–Trinajstić information content (AvgIpc) is 3.70. The number of benzene rings is 1. The Morgan fingerprint density at radius 2 is 1.73 bits per heavy atom. The first kappa shape index (κ1) is 19.3. The summed E-state index contributed by atoms with van der Waals surface area (Å²) < 4.78 is 2.02. The van der Waals surface area contributed by atoms with E-state index in [0.29, 0.717) is 23.6 Å². The van der Waals surface area contributed by atoms with Crippen molar-refractivity contribution in [3.8, 4) is 17.1 Å². The van der Waals surface area contributed by atoms with Crippen LogP contribution in [0, 0.1) is 18.8 Å². The van der Waals surface area contributed by atoms with Crippen LogP contribution in [0.5, 0.6) is 0 Å². The molecular formula is C23H25N5OS. The molecular weight excluding hydrogens is 394 g/mol. The van der Waals surface area contributed by atoms with Crippen LogP contribution in [-0.2, 0) is 4.79 Å². The summed E-state index contributed by atoms with van der Waals surface area (Å²) >= 11 is 1.44. The minimum absolute atomic E-state index is 0.0905. The fourth-order valence-electron chi connectivity index (χ4n) is 3.87. The lowest BCUT2D eigenvalue weighted by molar-refractivity contribution is -0.119. The first-order chi connectivity index (χ1) is 14.7. The molecule has 1 aromatic carbocycles. The van der Waals surface area contributed by atoms with Gasteiger partial charge in [-0.1, -0.05) is 29.5 Å². The fraction of sp³-hybridized carbons (Fsp3) is 0.391. The van der Waals surface area contributed by atoms with Gasteiger partial charge in [-0.2, -0.15) is 0 Å². The largest absolute Gasteiger partial charge is 0.352 e. The second kappa shape index (κ2) is 8.22. The van der Waals surface area contributed by atoms with Crippen molar-refractivity contribution in [1.82, 2.24) is 25.1 Å². The molecule has 0 spiro atoms. The summed E-state index contributed by atoms with van der Waals surface area (Å²) in [5.41, 5.74) is 3.11. The van der Waals surface area contributed by atoms with E-state index in [1.54, 1.807) is 12.4 Å². The molecule has 2 fully saturated rings. The fourth-order valence-corrected chi connectivity index (χ4v) is 4.63. The lowest BCUT2D eigenvalue weighted by Gasteiger charge is -2.17. The molecule has 3 aromatic rings. The van der Waals surface area contributed by atoms with Crippen molar-refractivity contribution in [2.45, 2.75) is 43.8 Å². The SMILES string of the molecule is Cc1ccc(-n2c(SCC(=O)NC(C3CC3)C3CC3)nnc2-c2ccncc2)cc1. The zero-order valence-corrected chi connectivity index (χ0v) is 17.8. The molecule has 154 valence electrons. The molecule has 0 atom stereocenters. The van der Waals surface area contributed by atoms with Gasteiger partial charge < -0.3 is 5.32 Å². The standard InChI is InChI=1S/C23H25N5OS/c1-15-2-8-19(9-3-15)28-22(18-10-12-24-13-11-18)26-27-23(28)30-14-20(29)25-21(16-4-5-16)17-6-7-17/h2-3,8-13,16-17,21H,4-7,14H2,1H3,(H,25,29). The molecule has 0 radical (unpaired) electrons. The number of thioether (sulfide) groups is 1.